The summed E-state index contributed by atoms with van der Waals surface area (Å²) >= 11 is 6.51. The fraction of sp³-hybridized carbons (Fsp3) is 0.471. The number of piperazine rings is 1. The molecule has 0 radical (unpaired) electrons. The number of hydrogen-bond acceptors (Lipinski definition) is 7. The van der Waals surface area contributed by atoms with E-state index in [4.69, 9.17) is 32.9 Å². The SMILES string of the molecule is [C-]#[N+]C[C@H]1CN(c2nc(OC[C@@H]3CCC[C@@H]3N(C)C)nc3c2CCN(c2cccc4ccc(F)c(Cl)c24)C3)CCN1C(=O)C=C. The monoisotopic (exact) mass is 631 g/mol. The first-order chi connectivity index (χ1) is 21.8. The van der Waals surface area contributed by atoms with Gasteiger partial charge >= 0.3 is 6.01 Å². The molecule has 45 heavy (non-hydrogen) atoms. The van der Waals surface area contributed by atoms with Gasteiger partial charge in [0.2, 0.25) is 12.5 Å². The molecule has 236 valence electrons. The van der Waals surface area contributed by atoms with Crippen LogP contribution in [0.3, 0.4) is 0 Å². The second kappa shape index (κ2) is 13.2. The van der Waals surface area contributed by atoms with Crippen molar-refractivity contribution in [3.63, 3.8) is 0 Å². The molecule has 1 amide bonds. The van der Waals surface area contributed by atoms with Gasteiger partial charge in [-0.2, -0.15) is 9.97 Å². The number of benzene rings is 2. The Morgan fingerprint density at radius 3 is 2.82 bits per heavy atom. The van der Waals surface area contributed by atoms with Crippen LogP contribution in [-0.2, 0) is 17.8 Å². The zero-order valence-corrected chi connectivity index (χ0v) is 26.6. The predicted molar refractivity (Wildman–Crippen MR) is 175 cm³/mol. The molecule has 9 nitrogen and oxygen atoms in total. The summed E-state index contributed by atoms with van der Waals surface area (Å²) in [5, 5.41) is 1.68. The van der Waals surface area contributed by atoms with Crippen LogP contribution in [-0.4, -0.2) is 91.2 Å². The van der Waals surface area contributed by atoms with Gasteiger partial charge < -0.3 is 29.2 Å². The Hall–Kier alpha value is -3.94. The first kappa shape index (κ1) is 31.1. The lowest BCUT2D eigenvalue weighted by Crippen LogP contribution is -2.56. The van der Waals surface area contributed by atoms with E-state index in [1.165, 1.54) is 18.6 Å². The molecule has 0 spiro atoms. The summed E-state index contributed by atoms with van der Waals surface area (Å²) < 4.78 is 21.0. The number of hydrogen-bond donors (Lipinski definition) is 0. The molecular formula is C34H39ClFN7O2. The van der Waals surface area contributed by atoms with E-state index < -0.39 is 5.82 Å². The molecule has 3 heterocycles. The third kappa shape index (κ3) is 6.16. The molecule has 1 aromatic heterocycles. The maximum Gasteiger partial charge on any atom is 0.318 e. The zero-order chi connectivity index (χ0) is 31.7. The molecule has 1 saturated carbocycles. The maximum atomic E-state index is 14.6. The topological polar surface area (TPSA) is 69.4 Å². The lowest BCUT2D eigenvalue weighted by atomic mass is 10.0. The zero-order valence-electron chi connectivity index (χ0n) is 25.9. The number of nitrogens with zero attached hydrogens (tertiary/aromatic N) is 7. The van der Waals surface area contributed by atoms with Crippen molar-refractivity contribution in [3.8, 4) is 6.01 Å². The van der Waals surface area contributed by atoms with Gasteiger partial charge in [0.15, 0.2) is 0 Å². The minimum absolute atomic E-state index is 0.117. The van der Waals surface area contributed by atoms with Crippen LogP contribution in [0.15, 0.2) is 43.0 Å². The Bertz CT molecular complexity index is 1640. The van der Waals surface area contributed by atoms with Gasteiger partial charge in [0, 0.05) is 54.8 Å². The quantitative estimate of drug-likeness (QED) is 0.250. The highest BCUT2D eigenvalue weighted by Crippen LogP contribution is 2.38. The number of halogens is 2. The fourth-order valence-electron chi connectivity index (χ4n) is 7.26. The molecule has 0 N–H and O–H groups in total. The van der Waals surface area contributed by atoms with Crippen molar-refractivity contribution in [3.05, 3.63) is 76.5 Å². The third-order valence-electron chi connectivity index (χ3n) is 9.53. The van der Waals surface area contributed by atoms with E-state index in [0.29, 0.717) is 69.1 Å². The van der Waals surface area contributed by atoms with Crippen molar-refractivity contribution in [2.24, 2.45) is 5.92 Å². The number of ether oxygens (including phenoxy) is 1. The minimum atomic E-state index is -0.444. The third-order valence-corrected chi connectivity index (χ3v) is 9.90. The van der Waals surface area contributed by atoms with Gasteiger partial charge in [0.1, 0.15) is 17.7 Å². The van der Waals surface area contributed by atoms with Crippen LogP contribution >= 0.6 is 11.6 Å². The van der Waals surface area contributed by atoms with Crippen LogP contribution in [0.1, 0.15) is 30.5 Å². The molecule has 3 aromatic rings. The highest BCUT2D eigenvalue weighted by atomic mass is 35.5. The summed E-state index contributed by atoms with van der Waals surface area (Å²) in [5.74, 6) is 0.585. The smallest absolute Gasteiger partial charge is 0.318 e. The van der Waals surface area contributed by atoms with E-state index in [1.807, 2.05) is 18.2 Å². The van der Waals surface area contributed by atoms with Gasteiger partial charge in [-0.05, 0) is 57.0 Å². The van der Waals surface area contributed by atoms with E-state index in [-0.39, 0.29) is 23.5 Å². The number of carbonyl (C=O) groups excluding carboxylic acids is 1. The lowest BCUT2D eigenvalue weighted by molar-refractivity contribution is -0.128. The molecular weight excluding hydrogens is 593 g/mol. The lowest BCUT2D eigenvalue weighted by Gasteiger charge is -2.41. The molecule has 6 rings (SSSR count). The molecule has 0 unspecified atom stereocenters. The molecule has 2 aromatic carbocycles. The summed E-state index contributed by atoms with van der Waals surface area (Å²) in [6, 6.07) is 9.55. The predicted octanol–water partition coefficient (Wildman–Crippen LogP) is 5.22. The molecule has 3 atom stereocenters. The number of amides is 1. The van der Waals surface area contributed by atoms with Gasteiger partial charge in [-0.1, -0.05) is 42.8 Å². The first-order valence-electron chi connectivity index (χ1n) is 15.6. The molecule has 1 saturated heterocycles. The molecule has 3 aliphatic rings. The second-order valence-electron chi connectivity index (χ2n) is 12.4. The van der Waals surface area contributed by atoms with Crippen LogP contribution in [0.5, 0.6) is 6.01 Å². The van der Waals surface area contributed by atoms with E-state index in [9.17, 15) is 9.18 Å². The van der Waals surface area contributed by atoms with Crippen LogP contribution < -0.4 is 14.5 Å². The summed E-state index contributed by atoms with van der Waals surface area (Å²) in [6.07, 6.45) is 5.40. The van der Waals surface area contributed by atoms with Crippen LogP contribution in [0.2, 0.25) is 5.02 Å². The second-order valence-corrected chi connectivity index (χ2v) is 12.8. The number of carbonyl (C=O) groups is 1. The van der Waals surface area contributed by atoms with Crippen molar-refractivity contribution < 1.29 is 13.9 Å². The Morgan fingerprint density at radius 1 is 1.20 bits per heavy atom. The van der Waals surface area contributed by atoms with E-state index in [0.717, 1.165) is 41.0 Å². The molecule has 2 aliphatic heterocycles. The van der Waals surface area contributed by atoms with Crippen molar-refractivity contribution in [1.29, 1.82) is 0 Å². The van der Waals surface area contributed by atoms with Gasteiger partial charge in [-0.25, -0.2) is 11.0 Å². The molecule has 0 bridgehead atoms. The normalized spacial score (nSPS) is 21.6. The number of anilines is 2. The Balaban J connectivity index is 1.35. The maximum absolute atomic E-state index is 14.6. The van der Waals surface area contributed by atoms with Crippen LogP contribution in [0.25, 0.3) is 15.6 Å². The van der Waals surface area contributed by atoms with Gasteiger partial charge in [0.05, 0.1) is 23.9 Å². The molecule has 11 heteroatoms. The van der Waals surface area contributed by atoms with Gasteiger partial charge in [-0.3, -0.25) is 4.79 Å². The first-order valence-corrected chi connectivity index (χ1v) is 16.0. The minimum Gasteiger partial charge on any atom is -0.463 e. The summed E-state index contributed by atoms with van der Waals surface area (Å²) in [4.78, 5) is 34.5. The average molecular weight is 632 g/mol. The highest BCUT2D eigenvalue weighted by molar-refractivity contribution is 6.36. The van der Waals surface area contributed by atoms with E-state index in [1.54, 1.807) is 11.0 Å². The number of aromatic nitrogens is 2. The summed E-state index contributed by atoms with van der Waals surface area (Å²) in [5.41, 5.74) is 2.75. The Morgan fingerprint density at radius 2 is 2.04 bits per heavy atom. The van der Waals surface area contributed by atoms with Crippen molar-refractivity contribution in [2.45, 2.75) is 44.3 Å². The van der Waals surface area contributed by atoms with Crippen molar-refractivity contribution in [1.82, 2.24) is 19.8 Å². The van der Waals surface area contributed by atoms with E-state index >= 15 is 0 Å². The summed E-state index contributed by atoms with van der Waals surface area (Å²) in [6.45, 7) is 14.6. The largest absolute Gasteiger partial charge is 0.463 e. The fourth-order valence-corrected chi connectivity index (χ4v) is 7.53. The van der Waals surface area contributed by atoms with Gasteiger partial charge in [-0.15, -0.1) is 0 Å². The van der Waals surface area contributed by atoms with Crippen LogP contribution in [0.4, 0.5) is 15.9 Å². The van der Waals surface area contributed by atoms with E-state index in [2.05, 4.69) is 40.2 Å². The standard InChI is InChI=1S/C34H39ClFN7O2/c1-5-30(44)43-17-16-42(19-24(43)18-37-2)33-25-14-15-41(29-11-6-8-22-12-13-26(36)32(35)31(22)29)20-27(25)38-34(39-33)45-21-23-9-7-10-28(23)40(3)4/h5-6,8,11-13,23-24,28H,1,7,9-10,14-21H2,3-4H3/t23-,24-,28-/m0/s1. The van der Waals surface area contributed by atoms with Crippen LogP contribution in [0, 0.1) is 18.3 Å². The highest BCUT2D eigenvalue weighted by Gasteiger charge is 2.35. The van der Waals surface area contributed by atoms with Crippen molar-refractivity contribution >= 4 is 39.8 Å². The average Bonchev–Trinajstić information content (AvgIpc) is 3.53. The number of fused-ring (bicyclic) bond motifs is 2. The molecule has 2 fully saturated rings. The summed E-state index contributed by atoms with van der Waals surface area (Å²) in [7, 11) is 4.24. The number of rotatable bonds is 8. The van der Waals surface area contributed by atoms with Crippen molar-refractivity contribution in [2.75, 3.05) is 63.2 Å². The Kier molecular flexibility index (Phi) is 9.11. The molecule has 1 aliphatic carbocycles. The van der Waals surface area contributed by atoms with Gasteiger partial charge in [0.25, 0.3) is 0 Å². The Labute approximate surface area is 269 Å².